The Bertz CT molecular complexity index is 839. The molecular formula is C18H16FN3O. The van der Waals surface area contributed by atoms with Crippen LogP contribution in [0.4, 0.5) is 10.1 Å². The smallest absolute Gasteiger partial charge is 0.259 e. The highest BCUT2D eigenvalue weighted by molar-refractivity contribution is 6.05. The van der Waals surface area contributed by atoms with Crippen molar-refractivity contribution in [3.63, 3.8) is 0 Å². The molecule has 0 bridgehead atoms. The highest BCUT2D eigenvalue weighted by Gasteiger charge is 2.19. The van der Waals surface area contributed by atoms with E-state index < -0.39 is 0 Å². The van der Waals surface area contributed by atoms with Gasteiger partial charge in [0, 0.05) is 5.69 Å². The maximum Gasteiger partial charge on any atom is 0.259 e. The number of hydrogen-bond donors (Lipinski definition) is 1. The summed E-state index contributed by atoms with van der Waals surface area (Å²) in [6.45, 7) is 3.61. The Kier molecular flexibility index (Phi) is 3.93. The molecule has 4 nitrogen and oxygen atoms in total. The van der Waals surface area contributed by atoms with Gasteiger partial charge in [-0.3, -0.25) is 4.79 Å². The first-order valence-electron chi connectivity index (χ1n) is 7.25. The van der Waals surface area contributed by atoms with Crippen molar-refractivity contribution in [1.29, 1.82) is 0 Å². The van der Waals surface area contributed by atoms with Crippen LogP contribution in [0.5, 0.6) is 0 Å². The first kappa shape index (κ1) is 15.0. The molecule has 116 valence electrons. The van der Waals surface area contributed by atoms with Gasteiger partial charge in [0.05, 0.1) is 22.6 Å². The molecule has 0 aliphatic heterocycles. The first-order chi connectivity index (χ1) is 11.1. The number of nitrogens with one attached hydrogen (secondary N) is 1. The van der Waals surface area contributed by atoms with Crippen LogP contribution in [-0.4, -0.2) is 15.7 Å². The molecule has 0 saturated heterocycles. The third-order valence-corrected chi connectivity index (χ3v) is 3.62. The van der Waals surface area contributed by atoms with Gasteiger partial charge in [0.1, 0.15) is 5.82 Å². The summed E-state index contributed by atoms with van der Waals surface area (Å²) in [7, 11) is 0. The van der Waals surface area contributed by atoms with Crippen molar-refractivity contribution in [2.24, 2.45) is 0 Å². The van der Waals surface area contributed by atoms with Crippen molar-refractivity contribution in [2.75, 3.05) is 5.32 Å². The summed E-state index contributed by atoms with van der Waals surface area (Å²) in [6, 6.07) is 15.3. The third-order valence-electron chi connectivity index (χ3n) is 3.62. The van der Waals surface area contributed by atoms with Crippen molar-refractivity contribution < 1.29 is 9.18 Å². The van der Waals surface area contributed by atoms with Crippen LogP contribution >= 0.6 is 0 Å². The third kappa shape index (κ3) is 2.99. The van der Waals surface area contributed by atoms with Gasteiger partial charge in [0.2, 0.25) is 0 Å². The van der Waals surface area contributed by atoms with Crippen LogP contribution < -0.4 is 5.32 Å². The number of rotatable bonds is 3. The average Bonchev–Trinajstić information content (AvgIpc) is 2.84. The van der Waals surface area contributed by atoms with Crippen LogP contribution in [0.1, 0.15) is 21.7 Å². The summed E-state index contributed by atoms with van der Waals surface area (Å²) >= 11 is 0. The Balaban J connectivity index is 1.94. The largest absolute Gasteiger partial charge is 0.322 e. The zero-order valence-corrected chi connectivity index (χ0v) is 12.9. The predicted molar refractivity (Wildman–Crippen MR) is 87.4 cm³/mol. The van der Waals surface area contributed by atoms with Gasteiger partial charge in [-0.05, 0) is 50.2 Å². The molecule has 0 radical (unpaired) electrons. The van der Waals surface area contributed by atoms with Crippen LogP contribution in [0.15, 0.2) is 54.6 Å². The number of aromatic nitrogens is 2. The van der Waals surface area contributed by atoms with E-state index in [1.165, 1.54) is 12.1 Å². The highest BCUT2D eigenvalue weighted by Crippen LogP contribution is 2.19. The summed E-state index contributed by atoms with van der Waals surface area (Å²) in [6.07, 6.45) is 0. The first-order valence-corrected chi connectivity index (χ1v) is 7.25. The summed E-state index contributed by atoms with van der Waals surface area (Å²) in [5.74, 6) is -0.517. The van der Waals surface area contributed by atoms with Gasteiger partial charge in [-0.25, -0.2) is 9.07 Å². The van der Waals surface area contributed by atoms with Crippen molar-refractivity contribution in [3.05, 3.63) is 77.4 Å². The number of benzene rings is 2. The summed E-state index contributed by atoms with van der Waals surface area (Å²) < 4.78 is 14.7. The number of carbonyl (C=O) groups excluding carboxylic acids is 1. The second kappa shape index (κ2) is 6.04. The SMILES string of the molecule is Cc1nn(-c2ccc(F)cc2)c(C)c1C(=O)Nc1ccccc1. The molecule has 1 heterocycles. The van der Waals surface area contributed by atoms with E-state index in [1.54, 1.807) is 23.7 Å². The maximum absolute atomic E-state index is 13.1. The molecule has 0 saturated carbocycles. The number of amides is 1. The number of anilines is 1. The van der Waals surface area contributed by atoms with Gasteiger partial charge in [-0.15, -0.1) is 0 Å². The molecule has 1 amide bonds. The maximum atomic E-state index is 13.1. The monoisotopic (exact) mass is 309 g/mol. The van der Waals surface area contributed by atoms with E-state index in [0.29, 0.717) is 22.6 Å². The van der Waals surface area contributed by atoms with Gasteiger partial charge in [-0.2, -0.15) is 5.10 Å². The van der Waals surface area contributed by atoms with Gasteiger partial charge >= 0.3 is 0 Å². The predicted octanol–water partition coefficient (Wildman–Crippen LogP) is 3.88. The van der Waals surface area contributed by atoms with E-state index >= 15 is 0 Å². The van der Waals surface area contributed by atoms with Gasteiger partial charge in [0.25, 0.3) is 5.91 Å². The topological polar surface area (TPSA) is 46.9 Å². The molecule has 0 atom stereocenters. The Morgan fingerprint density at radius 1 is 1.04 bits per heavy atom. The molecule has 0 unspecified atom stereocenters. The summed E-state index contributed by atoms with van der Waals surface area (Å²) in [5.41, 5.74) is 3.30. The highest BCUT2D eigenvalue weighted by atomic mass is 19.1. The quantitative estimate of drug-likeness (QED) is 0.798. The van der Waals surface area contributed by atoms with E-state index in [2.05, 4.69) is 10.4 Å². The van der Waals surface area contributed by atoms with Crippen LogP contribution in [0.25, 0.3) is 5.69 Å². The van der Waals surface area contributed by atoms with E-state index in [4.69, 9.17) is 0 Å². The van der Waals surface area contributed by atoms with Crippen molar-refractivity contribution in [2.45, 2.75) is 13.8 Å². The lowest BCUT2D eigenvalue weighted by Crippen LogP contribution is -2.14. The molecule has 0 spiro atoms. The summed E-state index contributed by atoms with van der Waals surface area (Å²) in [4.78, 5) is 12.5. The summed E-state index contributed by atoms with van der Waals surface area (Å²) in [5, 5.41) is 7.27. The fourth-order valence-corrected chi connectivity index (χ4v) is 2.52. The number of hydrogen-bond acceptors (Lipinski definition) is 2. The minimum absolute atomic E-state index is 0.209. The lowest BCUT2D eigenvalue weighted by Gasteiger charge is -2.07. The standard InChI is InChI=1S/C18H16FN3O/c1-12-17(18(23)20-15-6-4-3-5-7-15)13(2)22(21-12)16-10-8-14(19)9-11-16/h3-11H,1-2H3,(H,20,23). The molecule has 1 aromatic heterocycles. The van der Waals surface area contributed by atoms with E-state index in [-0.39, 0.29) is 11.7 Å². The fraction of sp³-hybridized carbons (Fsp3) is 0.111. The molecule has 1 N–H and O–H groups in total. The Morgan fingerprint density at radius 3 is 2.35 bits per heavy atom. The normalized spacial score (nSPS) is 10.6. The van der Waals surface area contributed by atoms with Crippen LogP contribution in [0, 0.1) is 19.7 Å². The average molecular weight is 309 g/mol. The van der Waals surface area contributed by atoms with Crippen molar-refractivity contribution >= 4 is 11.6 Å². The lowest BCUT2D eigenvalue weighted by molar-refractivity contribution is 0.102. The molecular weight excluding hydrogens is 293 g/mol. The van der Waals surface area contributed by atoms with Gasteiger partial charge in [-0.1, -0.05) is 18.2 Å². The number of para-hydroxylation sites is 1. The second-order valence-electron chi connectivity index (χ2n) is 5.25. The second-order valence-corrected chi connectivity index (χ2v) is 5.25. The Labute approximate surface area is 133 Å². The van der Waals surface area contributed by atoms with E-state index in [0.717, 1.165) is 5.69 Å². The zero-order valence-electron chi connectivity index (χ0n) is 12.9. The molecule has 0 aliphatic rings. The number of carbonyl (C=O) groups is 1. The lowest BCUT2D eigenvalue weighted by atomic mass is 10.1. The van der Waals surface area contributed by atoms with Crippen molar-refractivity contribution in [1.82, 2.24) is 9.78 Å². The van der Waals surface area contributed by atoms with Gasteiger partial charge in [0.15, 0.2) is 0 Å². The number of aryl methyl sites for hydroxylation is 1. The molecule has 0 aliphatic carbocycles. The molecule has 3 aromatic rings. The van der Waals surface area contributed by atoms with Gasteiger partial charge < -0.3 is 5.32 Å². The molecule has 5 heteroatoms. The fourth-order valence-electron chi connectivity index (χ4n) is 2.52. The van der Waals surface area contributed by atoms with Crippen molar-refractivity contribution in [3.8, 4) is 5.69 Å². The Hall–Kier alpha value is -2.95. The Morgan fingerprint density at radius 2 is 1.70 bits per heavy atom. The molecule has 23 heavy (non-hydrogen) atoms. The van der Waals surface area contributed by atoms with Crippen LogP contribution in [0.3, 0.4) is 0 Å². The van der Waals surface area contributed by atoms with Crippen LogP contribution in [0.2, 0.25) is 0 Å². The number of halogens is 1. The molecule has 2 aromatic carbocycles. The minimum Gasteiger partial charge on any atom is -0.322 e. The molecule has 0 fully saturated rings. The number of nitrogens with zero attached hydrogens (tertiary/aromatic N) is 2. The van der Waals surface area contributed by atoms with E-state index in [1.807, 2.05) is 37.3 Å². The molecule has 3 rings (SSSR count). The van der Waals surface area contributed by atoms with Crippen LogP contribution in [-0.2, 0) is 0 Å². The van der Waals surface area contributed by atoms with E-state index in [9.17, 15) is 9.18 Å². The minimum atomic E-state index is -0.308. The zero-order chi connectivity index (χ0) is 16.4.